The molecule has 4 aromatic carbocycles. The van der Waals surface area contributed by atoms with E-state index in [-0.39, 0.29) is 89.1 Å². The maximum atomic E-state index is 9.97. The Morgan fingerprint density at radius 1 is 0.441 bits per heavy atom. The summed E-state index contributed by atoms with van der Waals surface area (Å²) >= 11 is 0. The average molecular weight is 939 g/mol. The van der Waals surface area contributed by atoms with Crippen LogP contribution in [0.15, 0.2) is 97.1 Å². The van der Waals surface area contributed by atoms with Crippen LogP contribution in [0.2, 0.25) is 0 Å². The van der Waals surface area contributed by atoms with E-state index >= 15 is 0 Å². The number of aliphatic hydroxyl groups is 6. The molecule has 366 valence electrons. The fourth-order valence-corrected chi connectivity index (χ4v) is 6.21. The van der Waals surface area contributed by atoms with Gasteiger partial charge in [0.05, 0.1) is 26.4 Å². The van der Waals surface area contributed by atoms with Gasteiger partial charge in [0.25, 0.3) is 0 Å². The quantitative estimate of drug-likeness (QED) is 0.0375. The van der Waals surface area contributed by atoms with Gasteiger partial charge in [-0.3, -0.25) is 0 Å². The maximum absolute atomic E-state index is 9.97. The summed E-state index contributed by atoms with van der Waals surface area (Å²) in [6.07, 6.45) is -1.01. The van der Waals surface area contributed by atoms with Gasteiger partial charge < -0.3 is 68.5 Å². The lowest BCUT2D eigenvalue weighted by Gasteiger charge is -2.26. The van der Waals surface area contributed by atoms with Gasteiger partial charge in [0.1, 0.15) is 113 Å². The van der Waals surface area contributed by atoms with Crippen LogP contribution in [0.25, 0.3) is 0 Å². The summed E-state index contributed by atoms with van der Waals surface area (Å²) in [6.45, 7) is 11.5. The number of hydrogen-bond acceptors (Lipinski definition) is 14. The molecule has 0 aliphatic carbocycles. The van der Waals surface area contributed by atoms with Crippen LogP contribution in [0.5, 0.6) is 23.0 Å². The van der Waals surface area contributed by atoms with Crippen LogP contribution in [0, 0.1) is 35.5 Å². The Morgan fingerprint density at radius 3 is 0.971 bits per heavy atom. The van der Waals surface area contributed by atoms with Gasteiger partial charge in [-0.25, -0.2) is 0 Å². The topological polar surface area (TPSA) is 202 Å². The van der Waals surface area contributed by atoms with Gasteiger partial charge in [0.2, 0.25) is 0 Å². The zero-order chi connectivity index (χ0) is 49.0. The molecule has 0 aromatic heterocycles. The van der Waals surface area contributed by atoms with Crippen molar-refractivity contribution in [3.8, 4) is 58.5 Å². The van der Waals surface area contributed by atoms with E-state index in [2.05, 4.69) is 87.5 Å². The highest BCUT2D eigenvalue weighted by atomic mass is 16.6. The first-order valence-electron chi connectivity index (χ1n) is 22.4. The van der Waals surface area contributed by atoms with E-state index < -0.39 is 12.2 Å². The van der Waals surface area contributed by atoms with E-state index in [0.717, 1.165) is 35.8 Å². The van der Waals surface area contributed by atoms with Crippen LogP contribution in [0.3, 0.4) is 0 Å². The molecule has 0 bridgehead atoms. The van der Waals surface area contributed by atoms with Gasteiger partial charge >= 0.3 is 0 Å². The molecule has 0 spiro atoms. The van der Waals surface area contributed by atoms with E-state index in [1.54, 1.807) is 0 Å². The lowest BCUT2D eigenvalue weighted by atomic mass is 9.78. The first-order chi connectivity index (χ1) is 32.9. The third-order valence-corrected chi connectivity index (χ3v) is 10.5. The zero-order valence-corrected chi connectivity index (χ0v) is 39.4. The van der Waals surface area contributed by atoms with Gasteiger partial charge in [-0.05, 0) is 70.8 Å². The smallest absolute Gasteiger partial charge is 0.119 e. The Morgan fingerprint density at radius 2 is 0.706 bits per heavy atom. The van der Waals surface area contributed by atoms with Crippen LogP contribution in [0.1, 0.15) is 49.9 Å². The van der Waals surface area contributed by atoms with E-state index in [4.69, 9.17) is 58.3 Å². The molecule has 0 amide bonds. The van der Waals surface area contributed by atoms with Crippen molar-refractivity contribution in [2.45, 2.75) is 62.9 Å². The third-order valence-electron chi connectivity index (χ3n) is 10.5. The summed E-state index contributed by atoms with van der Waals surface area (Å²) in [5.41, 5.74) is 4.33. The van der Waals surface area contributed by atoms with Crippen LogP contribution in [0.4, 0.5) is 0 Å². The molecule has 2 saturated heterocycles. The van der Waals surface area contributed by atoms with Gasteiger partial charge in [-0.15, -0.1) is 0 Å². The number of benzene rings is 4. The second-order valence-electron chi connectivity index (χ2n) is 16.5. The summed E-state index contributed by atoms with van der Waals surface area (Å²) in [6, 6.07) is 32.1. The summed E-state index contributed by atoms with van der Waals surface area (Å²) in [5.74, 6) is 17.8. The van der Waals surface area contributed by atoms with E-state index in [1.165, 1.54) is 11.1 Å². The monoisotopic (exact) mass is 938 g/mol. The number of rotatable bonds is 22. The summed E-state index contributed by atoms with van der Waals surface area (Å²) in [5, 5.41) is 52.9. The molecule has 2 heterocycles. The molecule has 2 aliphatic heterocycles. The second kappa shape index (κ2) is 30.0. The van der Waals surface area contributed by atoms with Gasteiger partial charge in [-0.2, -0.15) is 0 Å². The van der Waals surface area contributed by atoms with Gasteiger partial charge in [0.15, 0.2) is 0 Å². The molecule has 14 heteroatoms. The lowest BCUT2D eigenvalue weighted by Crippen LogP contribution is -2.24. The van der Waals surface area contributed by atoms with Gasteiger partial charge in [0, 0.05) is 10.8 Å². The van der Waals surface area contributed by atoms with E-state index in [9.17, 15) is 10.2 Å². The van der Waals surface area contributed by atoms with Crippen molar-refractivity contribution in [2.24, 2.45) is 0 Å². The largest absolute Gasteiger partial charge is 0.491 e. The van der Waals surface area contributed by atoms with Crippen LogP contribution >= 0.6 is 0 Å². The SMILES string of the molecule is CC(C)(c1ccc(OCC(O)COCC#CCO)cc1)c1ccc(OCC(O)COCC#CCO)cc1.CC(C)(c1ccc(OCC2CO2)cc1)c1ccc(OCC2CO2)cc1.OCC#CCO. The molecule has 6 N–H and O–H groups in total. The molecule has 2 aliphatic rings. The highest BCUT2D eigenvalue weighted by Crippen LogP contribution is 2.35. The molecule has 4 unspecified atom stereocenters. The van der Waals surface area contributed by atoms with Gasteiger partial charge in [-0.1, -0.05) is 112 Å². The van der Waals surface area contributed by atoms with Crippen LogP contribution in [-0.2, 0) is 29.8 Å². The predicted molar refractivity (Wildman–Crippen MR) is 257 cm³/mol. The summed E-state index contributed by atoms with van der Waals surface area (Å²) in [7, 11) is 0. The molecular formula is C54H66O14. The first-order valence-corrected chi connectivity index (χ1v) is 22.4. The Balaban J connectivity index is 0.000000278. The van der Waals surface area contributed by atoms with Crippen molar-refractivity contribution < 1.29 is 68.5 Å². The van der Waals surface area contributed by atoms with Crippen LogP contribution < -0.4 is 18.9 Å². The van der Waals surface area contributed by atoms with Crippen molar-refractivity contribution >= 4 is 0 Å². The molecule has 4 aromatic rings. The Bertz CT molecular complexity index is 2050. The Kier molecular flexibility index (Phi) is 24.2. The second-order valence-corrected chi connectivity index (χ2v) is 16.5. The Hall–Kier alpha value is -5.64. The van der Waals surface area contributed by atoms with Crippen molar-refractivity contribution in [3.05, 3.63) is 119 Å². The molecule has 2 fully saturated rings. The molecule has 68 heavy (non-hydrogen) atoms. The average Bonchev–Trinajstić information content (AvgIpc) is 4.31. The molecular weight excluding hydrogens is 873 g/mol. The normalized spacial score (nSPS) is 15.3. The first kappa shape index (κ1) is 55.0. The lowest BCUT2D eigenvalue weighted by molar-refractivity contribution is 0.0228. The fourth-order valence-electron chi connectivity index (χ4n) is 6.21. The third kappa shape index (κ3) is 20.7. The molecule has 4 atom stereocenters. The number of aliphatic hydroxyl groups excluding tert-OH is 6. The molecule has 0 radical (unpaired) electrons. The summed E-state index contributed by atoms with van der Waals surface area (Å²) in [4.78, 5) is 0. The summed E-state index contributed by atoms with van der Waals surface area (Å²) < 4.78 is 43.5. The minimum atomic E-state index is -0.785. The van der Waals surface area contributed by atoms with Crippen molar-refractivity contribution in [1.29, 1.82) is 0 Å². The Labute approximate surface area is 400 Å². The fraction of sp³-hybridized carbons (Fsp3) is 0.444. The number of epoxide rings is 2. The van der Waals surface area contributed by atoms with Crippen molar-refractivity contribution in [2.75, 3.05) is 92.5 Å². The number of hydrogen-bond donors (Lipinski definition) is 6. The highest BCUT2D eigenvalue weighted by molar-refractivity contribution is 5.43. The van der Waals surface area contributed by atoms with Crippen molar-refractivity contribution in [1.82, 2.24) is 0 Å². The maximum Gasteiger partial charge on any atom is 0.119 e. The van der Waals surface area contributed by atoms with Crippen LogP contribution in [-0.4, -0.2) is 148 Å². The molecule has 6 rings (SSSR count). The molecule has 0 saturated carbocycles. The van der Waals surface area contributed by atoms with Crippen molar-refractivity contribution in [3.63, 3.8) is 0 Å². The minimum absolute atomic E-state index is 0.0870. The van der Waals surface area contributed by atoms with E-state index in [1.807, 2.05) is 72.8 Å². The molecule has 14 nitrogen and oxygen atoms in total. The predicted octanol–water partition coefficient (Wildman–Crippen LogP) is 4.06. The standard InChI is InChI=1S/C29H36O8.C21H24O4.C4H6O2/c1-29(2,23-7-11-27(12-8-23)36-21-25(32)19-34-17-5-3-15-30)24-9-13-28(14-10-24)37-22-26(33)20-35-18-6-4-16-31;1-21(2,15-3-7-17(8-4-15)22-11-19-13-24-19)16-5-9-18(10-6-16)23-12-20-14-25-20;5-3-1-2-4-6/h7-14,25-26,30-33H,15-22H2,1-2H3;3-10,19-20H,11-14H2,1-2H3;5-6H,3-4H2. The highest BCUT2D eigenvalue weighted by Gasteiger charge is 2.26. The minimum Gasteiger partial charge on any atom is -0.491 e. The van der Waals surface area contributed by atoms with E-state index in [0.29, 0.717) is 24.7 Å². The zero-order valence-electron chi connectivity index (χ0n) is 39.4. The number of ether oxygens (including phenoxy) is 8.